The van der Waals surface area contributed by atoms with Gasteiger partial charge in [0.25, 0.3) is 0 Å². The molecule has 2 heteroatoms. The Kier molecular flexibility index (Phi) is 1.68. The van der Waals surface area contributed by atoms with Gasteiger partial charge in [-0.25, -0.2) is 0 Å². The minimum atomic E-state index is -0.345. The summed E-state index contributed by atoms with van der Waals surface area (Å²) in [6, 6.07) is 0. The van der Waals surface area contributed by atoms with E-state index in [4.69, 9.17) is 0 Å². The topological polar surface area (TPSA) is 40.5 Å². The number of rotatable bonds is 0. The predicted molar refractivity (Wildman–Crippen MR) is 53.5 cm³/mol. The normalized spacial score (nSPS) is 54.6. The van der Waals surface area contributed by atoms with Gasteiger partial charge in [0.15, 0.2) is 0 Å². The summed E-state index contributed by atoms with van der Waals surface area (Å²) in [4.78, 5) is 0. The third-order valence-corrected chi connectivity index (χ3v) is 4.29. The molecule has 14 heavy (non-hydrogen) atoms. The molecule has 1 saturated carbocycles. The maximum absolute atomic E-state index is 9.91. The van der Waals surface area contributed by atoms with Gasteiger partial charge in [-0.1, -0.05) is 23.8 Å². The van der Waals surface area contributed by atoms with Gasteiger partial charge in [-0.3, -0.25) is 0 Å². The van der Waals surface area contributed by atoms with Crippen molar-refractivity contribution in [2.45, 2.75) is 25.6 Å². The fourth-order valence-electron chi connectivity index (χ4n) is 3.72. The highest BCUT2D eigenvalue weighted by molar-refractivity contribution is 5.27. The molecule has 0 radical (unpaired) electrons. The van der Waals surface area contributed by atoms with Gasteiger partial charge >= 0.3 is 0 Å². The Morgan fingerprint density at radius 1 is 1.14 bits per heavy atom. The number of allylic oxidation sites excluding steroid dienone is 2. The molecule has 76 valence electrons. The van der Waals surface area contributed by atoms with E-state index in [1.165, 1.54) is 5.57 Å². The van der Waals surface area contributed by atoms with E-state index in [-0.39, 0.29) is 24.0 Å². The van der Waals surface area contributed by atoms with Crippen molar-refractivity contribution < 1.29 is 10.2 Å². The second-order valence-electron chi connectivity index (χ2n) is 4.94. The largest absolute Gasteiger partial charge is 0.389 e. The Hall–Kier alpha value is -0.600. The Bertz CT molecular complexity index is 318. The molecular weight excluding hydrogens is 176 g/mol. The van der Waals surface area contributed by atoms with Gasteiger partial charge in [0.1, 0.15) is 0 Å². The second-order valence-corrected chi connectivity index (χ2v) is 4.94. The molecule has 0 aliphatic heterocycles. The average Bonchev–Trinajstić information content (AvgIpc) is 2.68. The molecule has 3 rings (SSSR count). The summed E-state index contributed by atoms with van der Waals surface area (Å²) in [6.07, 6.45) is 6.26. The summed E-state index contributed by atoms with van der Waals surface area (Å²) in [6.45, 7) is 2.15. The molecule has 0 amide bonds. The number of hydrogen-bond donors (Lipinski definition) is 2. The van der Waals surface area contributed by atoms with Crippen molar-refractivity contribution in [3.63, 3.8) is 0 Å². The van der Waals surface area contributed by atoms with Crippen LogP contribution in [0.25, 0.3) is 0 Å². The van der Waals surface area contributed by atoms with Crippen LogP contribution < -0.4 is 0 Å². The zero-order chi connectivity index (χ0) is 9.87. The van der Waals surface area contributed by atoms with Crippen LogP contribution in [0.15, 0.2) is 23.8 Å². The van der Waals surface area contributed by atoms with E-state index in [0.717, 1.165) is 6.42 Å². The SMILES string of the molecule is CC1=CC2CC1C1C2[C@H](O)C=C[C@@H]1O. The van der Waals surface area contributed by atoms with Crippen LogP contribution >= 0.6 is 0 Å². The van der Waals surface area contributed by atoms with Gasteiger partial charge in [-0.15, -0.1) is 0 Å². The van der Waals surface area contributed by atoms with E-state index in [1.807, 2.05) is 0 Å². The minimum Gasteiger partial charge on any atom is -0.389 e. The van der Waals surface area contributed by atoms with Crippen LogP contribution in [-0.2, 0) is 0 Å². The standard InChI is InChI=1S/C12H16O2/c1-6-4-7-5-8(6)12-10(14)3-2-9(13)11(7)12/h2-4,7-14H,5H2,1H3/t7?,8?,9-,10+,11?,12?/m1/s1. The third-order valence-electron chi connectivity index (χ3n) is 4.29. The van der Waals surface area contributed by atoms with Crippen molar-refractivity contribution in [2.24, 2.45) is 23.7 Å². The summed E-state index contributed by atoms with van der Waals surface area (Å²) >= 11 is 0. The fraction of sp³-hybridized carbons (Fsp3) is 0.667. The lowest BCUT2D eigenvalue weighted by atomic mass is 9.71. The predicted octanol–water partition coefficient (Wildman–Crippen LogP) is 1.11. The highest BCUT2D eigenvalue weighted by atomic mass is 16.3. The molecule has 0 aromatic heterocycles. The molecule has 0 heterocycles. The van der Waals surface area contributed by atoms with Crippen LogP contribution in [0.2, 0.25) is 0 Å². The van der Waals surface area contributed by atoms with Crippen molar-refractivity contribution in [3.8, 4) is 0 Å². The molecule has 0 aromatic rings. The summed E-state index contributed by atoms with van der Waals surface area (Å²) < 4.78 is 0. The first-order valence-electron chi connectivity index (χ1n) is 5.41. The van der Waals surface area contributed by atoms with Crippen molar-refractivity contribution in [3.05, 3.63) is 23.8 Å². The van der Waals surface area contributed by atoms with E-state index in [9.17, 15) is 10.2 Å². The molecule has 3 aliphatic rings. The smallest absolute Gasteiger partial charge is 0.0759 e. The zero-order valence-corrected chi connectivity index (χ0v) is 8.30. The zero-order valence-electron chi connectivity index (χ0n) is 8.30. The van der Waals surface area contributed by atoms with Crippen molar-refractivity contribution >= 4 is 0 Å². The van der Waals surface area contributed by atoms with Crippen molar-refractivity contribution in [1.29, 1.82) is 0 Å². The van der Waals surface area contributed by atoms with Gasteiger partial charge in [-0.2, -0.15) is 0 Å². The third kappa shape index (κ3) is 0.931. The first-order valence-corrected chi connectivity index (χ1v) is 5.41. The van der Waals surface area contributed by atoms with Crippen molar-refractivity contribution in [1.82, 2.24) is 0 Å². The van der Waals surface area contributed by atoms with Crippen LogP contribution in [0.5, 0.6) is 0 Å². The monoisotopic (exact) mass is 192 g/mol. The molecule has 0 spiro atoms. The first-order chi connectivity index (χ1) is 6.68. The van der Waals surface area contributed by atoms with Crippen molar-refractivity contribution in [2.75, 3.05) is 0 Å². The molecular formula is C12H16O2. The number of aliphatic hydroxyl groups is 2. The Morgan fingerprint density at radius 3 is 2.50 bits per heavy atom. The number of aliphatic hydroxyl groups excluding tert-OH is 2. The van der Waals surface area contributed by atoms with Crippen LogP contribution in [0, 0.1) is 23.7 Å². The molecule has 1 fully saturated rings. The van der Waals surface area contributed by atoms with Gasteiger partial charge in [-0.05, 0) is 25.2 Å². The van der Waals surface area contributed by atoms with Gasteiger partial charge in [0, 0.05) is 11.8 Å². The Balaban J connectivity index is 2.01. The number of hydrogen-bond acceptors (Lipinski definition) is 2. The van der Waals surface area contributed by atoms with Crippen LogP contribution in [-0.4, -0.2) is 22.4 Å². The molecule has 2 bridgehead atoms. The lowest BCUT2D eigenvalue weighted by Crippen LogP contribution is -2.40. The maximum atomic E-state index is 9.91. The average molecular weight is 192 g/mol. The van der Waals surface area contributed by atoms with Gasteiger partial charge in [0.2, 0.25) is 0 Å². The summed E-state index contributed by atoms with van der Waals surface area (Å²) in [5, 5.41) is 19.8. The molecule has 2 N–H and O–H groups in total. The van der Waals surface area contributed by atoms with E-state index in [0.29, 0.717) is 11.8 Å². The molecule has 2 nitrogen and oxygen atoms in total. The maximum Gasteiger partial charge on any atom is 0.0759 e. The Morgan fingerprint density at radius 2 is 1.79 bits per heavy atom. The molecule has 6 atom stereocenters. The minimum absolute atomic E-state index is 0.267. The first kappa shape index (κ1) is 8.69. The quantitative estimate of drug-likeness (QED) is 0.564. The second kappa shape index (κ2) is 2.71. The lowest BCUT2D eigenvalue weighted by molar-refractivity contribution is 0.0256. The number of fused-ring (bicyclic) bond motifs is 5. The highest BCUT2D eigenvalue weighted by Gasteiger charge is 2.52. The van der Waals surface area contributed by atoms with Crippen LogP contribution in [0.3, 0.4) is 0 Å². The lowest BCUT2D eigenvalue weighted by Gasteiger charge is -2.37. The fourth-order valence-corrected chi connectivity index (χ4v) is 3.72. The molecule has 4 unspecified atom stereocenters. The Labute approximate surface area is 83.9 Å². The van der Waals surface area contributed by atoms with E-state index < -0.39 is 0 Å². The molecule has 0 saturated heterocycles. The molecule has 0 aromatic carbocycles. The van der Waals surface area contributed by atoms with Crippen LogP contribution in [0.1, 0.15) is 13.3 Å². The van der Waals surface area contributed by atoms with E-state index in [2.05, 4.69) is 13.0 Å². The van der Waals surface area contributed by atoms with E-state index in [1.54, 1.807) is 12.2 Å². The van der Waals surface area contributed by atoms with Gasteiger partial charge in [0.05, 0.1) is 12.2 Å². The highest BCUT2D eigenvalue weighted by Crippen LogP contribution is 2.55. The van der Waals surface area contributed by atoms with Gasteiger partial charge < -0.3 is 10.2 Å². The van der Waals surface area contributed by atoms with E-state index >= 15 is 0 Å². The summed E-state index contributed by atoms with van der Waals surface area (Å²) in [5.41, 5.74) is 1.41. The van der Waals surface area contributed by atoms with Crippen LogP contribution in [0.4, 0.5) is 0 Å². The summed E-state index contributed by atoms with van der Waals surface area (Å²) in [5.74, 6) is 1.55. The molecule has 3 aliphatic carbocycles. The summed E-state index contributed by atoms with van der Waals surface area (Å²) in [7, 11) is 0.